The van der Waals surface area contributed by atoms with Gasteiger partial charge in [-0.15, -0.1) is 0 Å². The summed E-state index contributed by atoms with van der Waals surface area (Å²) in [5, 5.41) is 0. The van der Waals surface area contributed by atoms with Gasteiger partial charge >= 0.3 is 6.18 Å². The van der Waals surface area contributed by atoms with Gasteiger partial charge in [0.2, 0.25) is 0 Å². The van der Waals surface area contributed by atoms with Crippen LogP contribution in [0.5, 0.6) is 0 Å². The third-order valence-corrected chi connectivity index (χ3v) is 2.91. The van der Waals surface area contributed by atoms with E-state index in [1.807, 2.05) is 0 Å². The monoisotopic (exact) mass is 251 g/mol. The molecule has 2 aromatic rings. The molecule has 0 unspecified atom stereocenters. The Morgan fingerprint density at radius 3 is 1.28 bits per heavy atom. The maximum Gasteiger partial charge on any atom is 0.414 e. The summed E-state index contributed by atoms with van der Waals surface area (Å²) in [6.45, 7) is 0. The fourth-order valence-electron chi connectivity index (χ4n) is 1.90. The summed E-state index contributed by atoms with van der Waals surface area (Å²) in [6, 6.07) is 15.1. The van der Waals surface area contributed by atoms with Crippen molar-refractivity contribution in [2.75, 3.05) is 0 Å². The van der Waals surface area contributed by atoms with Gasteiger partial charge in [0, 0.05) is 0 Å². The lowest BCUT2D eigenvalue weighted by molar-refractivity contribution is -0.176. The minimum Gasteiger partial charge on any atom is -0.310 e. The summed E-state index contributed by atoms with van der Waals surface area (Å²) in [4.78, 5) is 0. The molecule has 2 N–H and O–H groups in total. The van der Waals surface area contributed by atoms with E-state index >= 15 is 0 Å². The number of halogens is 3. The lowest BCUT2D eigenvalue weighted by atomic mass is 9.83. The van der Waals surface area contributed by atoms with Crippen LogP contribution in [0.3, 0.4) is 0 Å². The van der Waals surface area contributed by atoms with Gasteiger partial charge in [0.25, 0.3) is 0 Å². The average Bonchev–Trinajstić information content (AvgIpc) is 2.38. The maximum atomic E-state index is 13.4. The third kappa shape index (κ3) is 1.99. The number of benzene rings is 2. The molecule has 0 saturated heterocycles. The fraction of sp³-hybridized carbons (Fsp3) is 0.143. The van der Waals surface area contributed by atoms with Crippen molar-refractivity contribution in [1.82, 2.24) is 0 Å². The van der Waals surface area contributed by atoms with Crippen molar-refractivity contribution < 1.29 is 13.2 Å². The van der Waals surface area contributed by atoms with Gasteiger partial charge in [0.1, 0.15) is 0 Å². The zero-order valence-electron chi connectivity index (χ0n) is 9.48. The Morgan fingerprint density at radius 1 is 0.667 bits per heavy atom. The second-order valence-corrected chi connectivity index (χ2v) is 4.04. The zero-order valence-corrected chi connectivity index (χ0v) is 9.48. The molecule has 0 fully saturated rings. The molecule has 0 saturated carbocycles. The first-order valence-electron chi connectivity index (χ1n) is 5.43. The first-order valence-corrected chi connectivity index (χ1v) is 5.43. The maximum absolute atomic E-state index is 13.4. The molecule has 2 rings (SSSR count). The van der Waals surface area contributed by atoms with Crippen molar-refractivity contribution in [3.05, 3.63) is 71.8 Å². The molecule has 0 atom stereocenters. The highest BCUT2D eigenvalue weighted by Crippen LogP contribution is 2.41. The first-order chi connectivity index (χ1) is 8.46. The minimum atomic E-state index is -4.56. The molecule has 0 spiro atoms. The Bertz CT molecular complexity index is 466. The molecule has 0 bridgehead atoms. The highest BCUT2D eigenvalue weighted by molar-refractivity contribution is 5.39. The molecule has 0 aliphatic rings. The lowest BCUT2D eigenvalue weighted by Crippen LogP contribution is -2.51. The fourth-order valence-corrected chi connectivity index (χ4v) is 1.90. The van der Waals surface area contributed by atoms with E-state index in [-0.39, 0.29) is 11.1 Å². The van der Waals surface area contributed by atoms with E-state index in [2.05, 4.69) is 0 Å². The Kier molecular flexibility index (Phi) is 3.13. The van der Waals surface area contributed by atoms with Crippen LogP contribution in [0.4, 0.5) is 13.2 Å². The zero-order chi connectivity index (χ0) is 13.2. The van der Waals surface area contributed by atoms with Crippen LogP contribution in [0.15, 0.2) is 60.7 Å². The minimum absolute atomic E-state index is 0.0312. The van der Waals surface area contributed by atoms with Crippen molar-refractivity contribution in [3.63, 3.8) is 0 Å². The van der Waals surface area contributed by atoms with Crippen LogP contribution in [-0.4, -0.2) is 6.18 Å². The van der Waals surface area contributed by atoms with E-state index in [4.69, 9.17) is 5.73 Å². The van der Waals surface area contributed by atoms with Crippen LogP contribution >= 0.6 is 0 Å². The molecule has 4 heteroatoms. The van der Waals surface area contributed by atoms with Crippen LogP contribution in [0, 0.1) is 0 Å². The van der Waals surface area contributed by atoms with Gasteiger partial charge in [-0.2, -0.15) is 13.2 Å². The van der Waals surface area contributed by atoms with E-state index in [9.17, 15) is 13.2 Å². The van der Waals surface area contributed by atoms with Gasteiger partial charge in [0.05, 0.1) is 0 Å². The average molecular weight is 251 g/mol. The van der Waals surface area contributed by atoms with Crippen molar-refractivity contribution in [3.8, 4) is 0 Å². The SMILES string of the molecule is NC(c1ccccc1)(c1ccccc1)C(F)(F)F. The number of rotatable bonds is 2. The summed E-state index contributed by atoms with van der Waals surface area (Å²) >= 11 is 0. The van der Waals surface area contributed by atoms with Gasteiger partial charge in [-0.05, 0) is 11.1 Å². The molecule has 0 amide bonds. The summed E-state index contributed by atoms with van der Waals surface area (Å²) in [5.41, 5.74) is 3.28. The topological polar surface area (TPSA) is 26.0 Å². The van der Waals surface area contributed by atoms with E-state index < -0.39 is 11.7 Å². The van der Waals surface area contributed by atoms with Gasteiger partial charge < -0.3 is 5.73 Å². The predicted molar refractivity (Wildman–Crippen MR) is 63.9 cm³/mol. The van der Waals surface area contributed by atoms with Crippen molar-refractivity contribution in [1.29, 1.82) is 0 Å². The van der Waals surface area contributed by atoms with Crippen molar-refractivity contribution >= 4 is 0 Å². The Morgan fingerprint density at radius 2 is 1.00 bits per heavy atom. The van der Waals surface area contributed by atoms with Gasteiger partial charge in [-0.3, -0.25) is 0 Å². The largest absolute Gasteiger partial charge is 0.414 e. The number of hydrogen-bond acceptors (Lipinski definition) is 1. The van der Waals surface area contributed by atoms with Crippen molar-refractivity contribution in [2.45, 2.75) is 11.7 Å². The van der Waals surface area contributed by atoms with Crippen molar-refractivity contribution in [2.24, 2.45) is 5.73 Å². The van der Waals surface area contributed by atoms with E-state index in [0.717, 1.165) is 0 Å². The quantitative estimate of drug-likeness (QED) is 0.869. The first kappa shape index (κ1) is 12.6. The molecule has 2 aromatic carbocycles. The molecule has 0 radical (unpaired) electrons. The lowest BCUT2D eigenvalue weighted by Gasteiger charge is -2.32. The molecule has 0 heterocycles. The van der Waals surface area contributed by atoms with Gasteiger partial charge in [-0.1, -0.05) is 60.7 Å². The molecule has 0 aromatic heterocycles. The second-order valence-electron chi connectivity index (χ2n) is 4.04. The van der Waals surface area contributed by atoms with Crippen LogP contribution in [0.1, 0.15) is 11.1 Å². The normalized spacial score (nSPS) is 12.4. The molecule has 0 aliphatic heterocycles. The smallest absolute Gasteiger partial charge is 0.310 e. The summed E-state index contributed by atoms with van der Waals surface area (Å²) in [5.74, 6) is 0. The third-order valence-electron chi connectivity index (χ3n) is 2.91. The predicted octanol–water partition coefficient (Wildman–Crippen LogP) is 3.45. The van der Waals surface area contributed by atoms with Gasteiger partial charge in [-0.25, -0.2) is 0 Å². The molecule has 94 valence electrons. The summed E-state index contributed by atoms with van der Waals surface area (Å²) in [6.07, 6.45) is -4.56. The Labute approximate surface area is 103 Å². The summed E-state index contributed by atoms with van der Waals surface area (Å²) < 4.78 is 40.1. The summed E-state index contributed by atoms with van der Waals surface area (Å²) in [7, 11) is 0. The van der Waals surface area contributed by atoms with Crippen LogP contribution in [0.25, 0.3) is 0 Å². The number of alkyl halides is 3. The molecule has 1 nitrogen and oxygen atoms in total. The Balaban J connectivity index is 2.63. The van der Waals surface area contributed by atoms with Crippen LogP contribution < -0.4 is 5.73 Å². The highest BCUT2D eigenvalue weighted by atomic mass is 19.4. The molecular weight excluding hydrogens is 239 g/mol. The molecular formula is C14H12F3N. The Hall–Kier alpha value is -1.81. The van der Waals surface area contributed by atoms with Crippen LogP contribution in [-0.2, 0) is 5.54 Å². The van der Waals surface area contributed by atoms with E-state index in [1.54, 1.807) is 36.4 Å². The standard InChI is InChI=1S/C14H12F3N/c15-14(16,17)13(18,11-7-3-1-4-8-11)12-9-5-2-6-10-12/h1-10H,18H2. The number of nitrogens with two attached hydrogens (primary N) is 1. The number of hydrogen-bond donors (Lipinski definition) is 1. The van der Waals surface area contributed by atoms with E-state index in [0.29, 0.717) is 0 Å². The molecule has 0 aliphatic carbocycles. The molecule has 18 heavy (non-hydrogen) atoms. The van der Waals surface area contributed by atoms with Crippen LogP contribution in [0.2, 0.25) is 0 Å². The van der Waals surface area contributed by atoms with Gasteiger partial charge in [0.15, 0.2) is 5.54 Å². The van der Waals surface area contributed by atoms with E-state index in [1.165, 1.54) is 24.3 Å². The second kappa shape index (κ2) is 4.46. The highest BCUT2D eigenvalue weighted by Gasteiger charge is 2.54.